The summed E-state index contributed by atoms with van der Waals surface area (Å²) in [5, 5.41) is 3.20. The molecule has 0 spiro atoms. The van der Waals surface area contributed by atoms with E-state index in [1.54, 1.807) is 0 Å². The number of halogens is 1. The molecular formula is C16H25BrN2. The third kappa shape index (κ3) is 3.73. The molecule has 0 amide bonds. The van der Waals surface area contributed by atoms with Gasteiger partial charge in [-0.3, -0.25) is 0 Å². The van der Waals surface area contributed by atoms with Gasteiger partial charge in [-0.15, -0.1) is 0 Å². The van der Waals surface area contributed by atoms with Crippen molar-refractivity contribution in [3.8, 4) is 0 Å². The predicted molar refractivity (Wildman–Crippen MR) is 86.7 cm³/mol. The maximum Gasteiger partial charge on any atom is 0.0377 e. The average molecular weight is 325 g/mol. The van der Waals surface area contributed by atoms with E-state index in [1.807, 2.05) is 7.05 Å². The molecule has 1 fully saturated rings. The Balaban J connectivity index is 2.06. The molecule has 0 unspecified atom stereocenters. The van der Waals surface area contributed by atoms with Crippen LogP contribution in [-0.2, 0) is 6.54 Å². The minimum absolute atomic E-state index is 0.707. The van der Waals surface area contributed by atoms with Crippen LogP contribution in [-0.4, -0.2) is 20.1 Å². The second-order valence-electron chi connectivity index (χ2n) is 5.83. The summed E-state index contributed by atoms with van der Waals surface area (Å²) in [6.45, 7) is 3.28. The molecule has 106 valence electrons. The van der Waals surface area contributed by atoms with E-state index in [1.165, 1.54) is 41.4 Å². The van der Waals surface area contributed by atoms with Gasteiger partial charge in [0.15, 0.2) is 0 Å². The number of benzene rings is 1. The maximum absolute atomic E-state index is 3.68. The lowest BCUT2D eigenvalue weighted by atomic mass is 9.86. The molecule has 3 heteroatoms. The number of hydrogen-bond acceptors (Lipinski definition) is 2. The van der Waals surface area contributed by atoms with E-state index < -0.39 is 0 Å². The van der Waals surface area contributed by atoms with Crippen molar-refractivity contribution in [1.82, 2.24) is 5.32 Å². The Bertz CT molecular complexity index is 411. The van der Waals surface area contributed by atoms with E-state index in [4.69, 9.17) is 0 Å². The van der Waals surface area contributed by atoms with Crippen molar-refractivity contribution >= 4 is 21.6 Å². The Kier molecular flexibility index (Phi) is 5.28. The highest BCUT2D eigenvalue weighted by Gasteiger charge is 2.22. The Morgan fingerprint density at radius 1 is 1.26 bits per heavy atom. The molecule has 0 heterocycles. The largest absolute Gasteiger partial charge is 0.372 e. The minimum Gasteiger partial charge on any atom is -0.372 e. The van der Waals surface area contributed by atoms with E-state index in [0.29, 0.717) is 6.04 Å². The Hall–Kier alpha value is -0.540. The molecule has 1 saturated carbocycles. The smallest absolute Gasteiger partial charge is 0.0377 e. The number of hydrogen-bond donors (Lipinski definition) is 1. The zero-order chi connectivity index (χ0) is 13.8. The quantitative estimate of drug-likeness (QED) is 0.893. The predicted octanol–water partition coefficient (Wildman–Crippen LogP) is 4.18. The first-order valence-corrected chi connectivity index (χ1v) is 8.07. The molecule has 0 bridgehead atoms. The minimum atomic E-state index is 0.707. The first kappa shape index (κ1) is 14.9. The van der Waals surface area contributed by atoms with E-state index in [9.17, 15) is 0 Å². The van der Waals surface area contributed by atoms with E-state index in [-0.39, 0.29) is 0 Å². The van der Waals surface area contributed by atoms with Gasteiger partial charge in [-0.1, -0.05) is 28.9 Å². The first-order chi connectivity index (χ1) is 9.11. The highest BCUT2D eigenvalue weighted by Crippen LogP contribution is 2.31. The molecule has 1 aromatic rings. The van der Waals surface area contributed by atoms with E-state index >= 15 is 0 Å². The molecule has 1 aliphatic carbocycles. The van der Waals surface area contributed by atoms with Gasteiger partial charge in [-0.25, -0.2) is 0 Å². The molecule has 2 nitrogen and oxygen atoms in total. The fourth-order valence-electron chi connectivity index (χ4n) is 2.93. The molecule has 0 aliphatic heterocycles. The maximum atomic E-state index is 3.68. The second kappa shape index (κ2) is 6.76. The topological polar surface area (TPSA) is 15.3 Å². The average Bonchev–Trinajstić information content (AvgIpc) is 2.41. The third-order valence-corrected chi connectivity index (χ3v) is 5.08. The van der Waals surface area contributed by atoms with Crippen molar-refractivity contribution in [3.63, 3.8) is 0 Å². The molecule has 0 aromatic heterocycles. The van der Waals surface area contributed by atoms with Gasteiger partial charge in [0.2, 0.25) is 0 Å². The Morgan fingerprint density at radius 2 is 1.95 bits per heavy atom. The molecule has 19 heavy (non-hydrogen) atoms. The number of anilines is 1. The van der Waals surface area contributed by atoms with Gasteiger partial charge in [-0.2, -0.15) is 0 Å². The van der Waals surface area contributed by atoms with Crippen LogP contribution in [0.2, 0.25) is 0 Å². The molecule has 1 aliphatic rings. The molecular weight excluding hydrogens is 300 g/mol. The highest BCUT2D eigenvalue weighted by atomic mass is 79.9. The van der Waals surface area contributed by atoms with Crippen molar-refractivity contribution in [2.24, 2.45) is 5.92 Å². The van der Waals surface area contributed by atoms with Crippen LogP contribution >= 0.6 is 15.9 Å². The number of nitrogens with zero attached hydrogens (tertiary/aromatic N) is 1. The van der Waals surface area contributed by atoms with Crippen LogP contribution in [0, 0.1) is 5.92 Å². The van der Waals surface area contributed by atoms with Crippen LogP contribution in [0.5, 0.6) is 0 Å². The van der Waals surface area contributed by atoms with Crippen LogP contribution in [0.4, 0.5) is 5.69 Å². The second-order valence-corrected chi connectivity index (χ2v) is 6.68. The van der Waals surface area contributed by atoms with Crippen LogP contribution < -0.4 is 10.2 Å². The summed E-state index contributed by atoms with van der Waals surface area (Å²) in [6, 6.07) is 7.43. The molecule has 0 atom stereocenters. The fraction of sp³-hybridized carbons (Fsp3) is 0.625. The molecule has 2 rings (SSSR count). The summed E-state index contributed by atoms with van der Waals surface area (Å²) in [4.78, 5) is 2.46. The van der Waals surface area contributed by atoms with Gasteiger partial charge in [0.25, 0.3) is 0 Å². The van der Waals surface area contributed by atoms with Gasteiger partial charge in [0.05, 0.1) is 0 Å². The lowest BCUT2D eigenvalue weighted by Gasteiger charge is -2.35. The number of rotatable bonds is 4. The zero-order valence-electron chi connectivity index (χ0n) is 12.2. The lowest BCUT2D eigenvalue weighted by molar-refractivity contribution is 0.341. The summed E-state index contributed by atoms with van der Waals surface area (Å²) in [5.41, 5.74) is 2.64. The fourth-order valence-corrected chi connectivity index (χ4v) is 3.44. The van der Waals surface area contributed by atoms with E-state index in [2.05, 4.69) is 58.3 Å². The van der Waals surface area contributed by atoms with Crippen LogP contribution in [0.1, 0.15) is 38.2 Å². The van der Waals surface area contributed by atoms with Gasteiger partial charge >= 0.3 is 0 Å². The normalized spacial score (nSPS) is 23.4. The summed E-state index contributed by atoms with van der Waals surface area (Å²) in [7, 11) is 4.22. The zero-order valence-corrected chi connectivity index (χ0v) is 13.8. The molecule has 0 saturated heterocycles. The van der Waals surface area contributed by atoms with E-state index in [0.717, 1.165) is 12.5 Å². The summed E-state index contributed by atoms with van der Waals surface area (Å²) in [6.07, 6.45) is 5.39. The van der Waals surface area contributed by atoms with Crippen molar-refractivity contribution in [2.75, 3.05) is 19.0 Å². The van der Waals surface area contributed by atoms with Crippen molar-refractivity contribution in [1.29, 1.82) is 0 Å². The van der Waals surface area contributed by atoms with Crippen molar-refractivity contribution < 1.29 is 0 Å². The van der Waals surface area contributed by atoms with Crippen LogP contribution in [0.3, 0.4) is 0 Å². The lowest BCUT2D eigenvalue weighted by Crippen LogP contribution is -2.34. The molecule has 1 aromatic carbocycles. The monoisotopic (exact) mass is 324 g/mol. The Morgan fingerprint density at radius 3 is 2.53 bits per heavy atom. The van der Waals surface area contributed by atoms with Gasteiger partial charge < -0.3 is 10.2 Å². The van der Waals surface area contributed by atoms with Crippen LogP contribution in [0.15, 0.2) is 22.7 Å². The first-order valence-electron chi connectivity index (χ1n) is 7.27. The van der Waals surface area contributed by atoms with Crippen molar-refractivity contribution in [3.05, 3.63) is 28.2 Å². The molecule has 1 N–H and O–H groups in total. The number of nitrogens with one attached hydrogen (secondary N) is 1. The molecule has 0 radical (unpaired) electrons. The van der Waals surface area contributed by atoms with Gasteiger partial charge in [-0.05, 0) is 56.3 Å². The van der Waals surface area contributed by atoms with Crippen molar-refractivity contribution in [2.45, 2.75) is 45.2 Å². The summed E-state index contributed by atoms with van der Waals surface area (Å²) >= 11 is 3.68. The summed E-state index contributed by atoms with van der Waals surface area (Å²) in [5.74, 6) is 0.911. The van der Waals surface area contributed by atoms with Crippen LogP contribution in [0.25, 0.3) is 0 Å². The van der Waals surface area contributed by atoms with Gasteiger partial charge in [0.1, 0.15) is 0 Å². The summed E-state index contributed by atoms with van der Waals surface area (Å²) < 4.78 is 1.20. The standard InChI is InChI=1S/C16H25BrN2/c1-12-4-7-14(8-5-12)19(3)15-9-6-13(11-18-2)16(17)10-15/h6,9-10,12,14,18H,4-5,7-8,11H2,1-3H3. The van der Waals surface area contributed by atoms with Gasteiger partial charge in [0, 0.05) is 29.8 Å². The highest BCUT2D eigenvalue weighted by molar-refractivity contribution is 9.10. The third-order valence-electron chi connectivity index (χ3n) is 4.34. The SMILES string of the molecule is CNCc1ccc(N(C)C2CCC(C)CC2)cc1Br. The Labute approximate surface area is 125 Å².